The van der Waals surface area contributed by atoms with Crippen molar-refractivity contribution in [2.24, 2.45) is 5.16 Å². The van der Waals surface area contributed by atoms with Crippen LogP contribution < -0.4 is 5.32 Å². The maximum Gasteiger partial charge on any atom is 0.106 e. The lowest BCUT2D eigenvalue weighted by atomic mass is 10.6. The molecule has 0 aliphatic carbocycles. The smallest absolute Gasteiger partial charge is 0.106 e. The first-order valence-corrected chi connectivity index (χ1v) is 2.78. The van der Waals surface area contributed by atoms with E-state index in [0.29, 0.717) is 13.1 Å². The first-order valence-electron chi connectivity index (χ1n) is 2.78. The molecule has 0 aromatic carbocycles. The van der Waals surface area contributed by atoms with Crippen molar-refractivity contribution < 1.29 is 9.94 Å². The van der Waals surface area contributed by atoms with Crippen LogP contribution >= 0.6 is 0 Å². The molecule has 0 fully saturated rings. The molecular weight excluding hydrogens is 120 g/mol. The highest BCUT2D eigenvalue weighted by atomic mass is 16.6. The summed E-state index contributed by atoms with van der Waals surface area (Å²) in [5, 5.41) is 14.6. The van der Waals surface area contributed by atoms with Gasteiger partial charge in [-0.25, -0.2) is 0 Å². The monoisotopic (exact) mass is 132 g/mol. The van der Waals surface area contributed by atoms with Gasteiger partial charge in [0.05, 0.1) is 12.8 Å². The fourth-order valence-corrected chi connectivity index (χ4v) is 0.357. The van der Waals surface area contributed by atoms with E-state index in [4.69, 9.17) is 5.11 Å². The van der Waals surface area contributed by atoms with Crippen LogP contribution in [0.4, 0.5) is 0 Å². The zero-order valence-electron chi connectivity index (χ0n) is 5.50. The summed E-state index contributed by atoms with van der Waals surface area (Å²) in [7, 11) is 1.49. The quantitative estimate of drug-likeness (QED) is 0.292. The third-order valence-electron chi connectivity index (χ3n) is 0.704. The SMILES string of the molecule is CO/N=C/CNCCO. The summed E-state index contributed by atoms with van der Waals surface area (Å²) in [6.07, 6.45) is 1.59. The molecule has 0 radical (unpaired) electrons. The molecule has 0 rings (SSSR count). The van der Waals surface area contributed by atoms with Crippen molar-refractivity contribution in [2.45, 2.75) is 0 Å². The van der Waals surface area contributed by atoms with E-state index >= 15 is 0 Å². The first-order chi connectivity index (χ1) is 4.41. The highest BCUT2D eigenvalue weighted by Crippen LogP contribution is 1.61. The number of rotatable bonds is 5. The largest absolute Gasteiger partial charge is 0.399 e. The van der Waals surface area contributed by atoms with Gasteiger partial charge in [0.15, 0.2) is 0 Å². The van der Waals surface area contributed by atoms with Crippen molar-refractivity contribution in [3.05, 3.63) is 0 Å². The van der Waals surface area contributed by atoms with Crippen LogP contribution in [0.3, 0.4) is 0 Å². The summed E-state index contributed by atoms with van der Waals surface area (Å²) in [4.78, 5) is 4.39. The van der Waals surface area contributed by atoms with E-state index in [1.54, 1.807) is 6.21 Å². The molecule has 0 saturated carbocycles. The van der Waals surface area contributed by atoms with Gasteiger partial charge in [-0.15, -0.1) is 0 Å². The second-order valence-corrected chi connectivity index (χ2v) is 1.40. The second kappa shape index (κ2) is 7.39. The molecule has 0 aliphatic heterocycles. The molecule has 0 atom stereocenters. The zero-order chi connectivity index (χ0) is 6.95. The van der Waals surface area contributed by atoms with Gasteiger partial charge in [-0.1, -0.05) is 5.16 Å². The molecule has 4 nitrogen and oxygen atoms in total. The summed E-state index contributed by atoms with van der Waals surface area (Å²) in [6.45, 7) is 1.38. The minimum atomic E-state index is 0.154. The standard InChI is InChI=1S/C5H12N2O2/c1-9-7-3-2-6-4-5-8/h3,6,8H,2,4-5H2,1H3/b7-3+. The number of nitrogens with one attached hydrogen (secondary N) is 1. The van der Waals surface area contributed by atoms with Crippen molar-refractivity contribution in [2.75, 3.05) is 26.8 Å². The van der Waals surface area contributed by atoms with Crippen molar-refractivity contribution in [3.8, 4) is 0 Å². The number of aliphatic hydroxyl groups excluding tert-OH is 1. The first kappa shape index (κ1) is 8.39. The zero-order valence-corrected chi connectivity index (χ0v) is 5.50. The highest BCUT2D eigenvalue weighted by Gasteiger charge is 1.77. The lowest BCUT2D eigenvalue weighted by Crippen LogP contribution is -2.20. The van der Waals surface area contributed by atoms with Gasteiger partial charge < -0.3 is 15.3 Å². The van der Waals surface area contributed by atoms with Crippen molar-refractivity contribution in [3.63, 3.8) is 0 Å². The molecule has 0 bridgehead atoms. The van der Waals surface area contributed by atoms with Gasteiger partial charge in [-0.2, -0.15) is 0 Å². The molecule has 9 heavy (non-hydrogen) atoms. The van der Waals surface area contributed by atoms with Gasteiger partial charge in [0, 0.05) is 13.1 Å². The normalized spacial score (nSPS) is 10.4. The Morgan fingerprint density at radius 1 is 1.78 bits per heavy atom. The van der Waals surface area contributed by atoms with E-state index in [2.05, 4.69) is 15.3 Å². The minimum Gasteiger partial charge on any atom is -0.399 e. The molecule has 0 aromatic heterocycles. The minimum absolute atomic E-state index is 0.154. The average Bonchev–Trinajstić information content (AvgIpc) is 1.89. The van der Waals surface area contributed by atoms with Crippen LogP contribution in [-0.4, -0.2) is 38.1 Å². The van der Waals surface area contributed by atoms with E-state index in [-0.39, 0.29) is 6.61 Å². The van der Waals surface area contributed by atoms with Gasteiger partial charge in [-0.3, -0.25) is 0 Å². The number of oxime groups is 1. The van der Waals surface area contributed by atoms with E-state index in [9.17, 15) is 0 Å². The van der Waals surface area contributed by atoms with Crippen LogP contribution in [-0.2, 0) is 4.84 Å². The van der Waals surface area contributed by atoms with E-state index in [1.165, 1.54) is 7.11 Å². The second-order valence-electron chi connectivity index (χ2n) is 1.40. The lowest BCUT2D eigenvalue weighted by Gasteiger charge is -1.93. The highest BCUT2D eigenvalue weighted by molar-refractivity contribution is 5.58. The topological polar surface area (TPSA) is 53.8 Å². The molecule has 0 amide bonds. The Morgan fingerprint density at radius 3 is 3.11 bits per heavy atom. The third-order valence-corrected chi connectivity index (χ3v) is 0.704. The van der Waals surface area contributed by atoms with Gasteiger partial charge >= 0.3 is 0 Å². The average molecular weight is 132 g/mol. The van der Waals surface area contributed by atoms with E-state index < -0.39 is 0 Å². The Morgan fingerprint density at radius 2 is 2.56 bits per heavy atom. The lowest BCUT2D eigenvalue weighted by molar-refractivity contribution is 0.214. The van der Waals surface area contributed by atoms with Crippen LogP contribution in [0.1, 0.15) is 0 Å². The fourth-order valence-electron chi connectivity index (χ4n) is 0.357. The molecule has 0 aliphatic rings. The predicted molar refractivity (Wildman–Crippen MR) is 35.5 cm³/mol. The Bertz CT molecular complexity index is 75.4. The van der Waals surface area contributed by atoms with Crippen molar-refractivity contribution in [1.29, 1.82) is 0 Å². The van der Waals surface area contributed by atoms with Crippen molar-refractivity contribution in [1.82, 2.24) is 5.32 Å². The Labute approximate surface area is 54.5 Å². The number of nitrogens with zero attached hydrogens (tertiary/aromatic N) is 1. The van der Waals surface area contributed by atoms with Gasteiger partial charge in [-0.05, 0) is 0 Å². The van der Waals surface area contributed by atoms with Gasteiger partial charge in [0.2, 0.25) is 0 Å². The molecule has 0 heterocycles. The summed E-state index contributed by atoms with van der Waals surface area (Å²) in [6, 6.07) is 0. The number of aliphatic hydroxyl groups is 1. The van der Waals surface area contributed by atoms with Gasteiger partial charge in [0.1, 0.15) is 7.11 Å². The number of hydrogen-bond donors (Lipinski definition) is 2. The maximum atomic E-state index is 8.28. The molecule has 0 spiro atoms. The Hall–Kier alpha value is -0.610. The van der Waals surface area contributed by atoms with Crippen LogP contribution in [0.2, 0.25) is 0 Å². The van der Waals surface area contributed by atoms with Crippen LogP contribution in [0.25, 0.3) is 0 Å². The maximum absolute atomic E-state index is 8.28. The summed E-state index contributed by atoms with van der Waals surface area (Å²) >= 11 is 0. The Kier molecular flexibility index (Phi) is 6.89. The molecule has 54 valence electrons. The summed E-state index contributed by atoms with van der Waals surface area (Å²) in [5.41, 5.74) is 0. The number of hydrogen-bond acceptors (Lipinski definition) is 4. The van der Waals surface area contributed by atoms with Gasteiger partial charge in [0.25, 0.3) is 0 Å². The molecular formula is C5H12N2O2. The van der Waals surface area contributed by atoms with Crippen molar-refractivity contribution >= 4 is 6.21 Å². The van der Waals surface area contributed by atoms with E-state index in [0.717, 1.165) is 0 Å². The molecule has 0 aromatic rings. The van der Waals surface area contributed by atoms with Crippen LogP contribution in [0.15, 0.2) is 5.16 Å². The molecule has 0 unspecified atom stereocenters. The van der Waals surface area contributed by atoms with Crippen LogP contribution in [0.5, 0.6) is 0 Å². The summed E-state index contributed by atoms with van der Waals surface area (Å²) < 4.78 is 0. The van der Waals surface area contributed by atoms with E-state index in [1.807, 2.05) is 0 Å². The summed E-state index contributed by atoms with van der Waals surface area (Å²) in [5.74, 6) is 0. The predicted octanol–water partition coefficient (Wildman–Crippen LogP) is -0.800. The molecule has 2 N–H and O–H groups in total. The third kappa shape index (κ3) is 7.39. The Balaban J connectivity index is 2.82. The molecule has 0 saturated heterocycles. The fraction of sp³-hybridized carbons (Fsp3) is 0.800. The molecule has 4 heteroatoms. The van der Waals surface area contributed by atoms with Crippen LogP contribution in [0, 0.1) is 0 Å².